The van der Waals surface area contributed by atoms with Crippen molar-refractivity contribution >= 4 is 34.8 Å². The molecular weight excluding hydrogens is 274 g/mol. The van der Waals surface area contributed by atoms with Crippen molar-refractivity contribution in [1.82, 2.24) is 0 Å². The van der Waals surface area contributed by atoms with Crippen molar-refractivity contribution < 1.29 is 14.9 Å². The molecule has 0 aliphatic rings. The molecule has 1 rings (SSSR count). The van der Waals surface area contributed by atoms with Crippen LogP contribution in [0.15, 0.2) is 18.2 Å². The molecule has 0 radical (unpaired) electrons. The van der Waals surface area contributed by atoms with Gasteiger partial charge in [-0.3, -0.25) is 0 Å². The molecule has 2 N–H and O–H groups in total. The number of alkyl halides is 3. The zero-order valence-electron chi connectivity index (χ0n) is 8.45. The molecule has 0 heterocycles. The molecule has 0 fully saturated rings. The molecule has 0 bridgehead atoms. The fourth-order valence-electron chi connectivity index (χ4n) is 1.16. The van der Waals surface area contributed by atoms with E-state index >= 15 is 0 Å². The molecule has 0 aromatic heterocycles. The van der Waals surface area contributed by atoms with E-state index in [1.165, 1.54) is 18.2 Å². The Morgan fingerprint density at radius 2 is 2.00 bits per heavy atom. The minimum absolute atomic E-state index is 0.0258. The Morgan fingerprint density at radius 1 is 1.38 bits per heavy atom. The Bertz CT molecular complexity index is 363. The Hall–Kier alpha value is -0.350. The third-order valence-electron chi connectivity index (χ3n) is 1.91. The van der Waals surface area contributed by atoms with E-state index in [9.17, 15) is 10.2 Å². The quantitative estimate of drug-likeness (QED) is 0.839. The first-order valence-electron chi connectivity index (χ1n) is 4.56. The average Bonchev–Trinajstić information content (AvgIpc) is 2.19. The maximum Gasteiger partial charge on any atom is 0.220 e. The third-order valence-corrected chi connectivity index (χ3v) is 2.53. The van der Waals surface area contributed by atoms with Gasteiger partial charge in [-0.15, -0.1) is 0 Å². The number of rotatable bonds is 3. The van der Waals surface area contributed by atoms with Crippen molar-refractivity contribution in [2.75, 3.05) is 6.61 Å². The van der Waals surface area contributed by atoms with Crippen LogP contribution in [0.5, 0.6) is 11.5 Å². The standard InChI is InChI=1S/C10H11Cl3O3/c1-2-16-8-5-6(3-4-7(8)14)9(15)10(11,12)13/h3-5,9,14-15H,2H2,1H3. The summed E-state index contributed by atoms with van der Waals surface area (Å²) in [4.78, 5) is 0. The van der Waals surface area contributed by atoms with Crippen LogP contribution in [0, 0.1) is 0 Å². The summed E-state index contributed by atoms with van der Waals surface area (Å²) in [6, 6.07) is 4.27. The molecule has 0 aliphatic heterocycles. The molecule has 0 aliphatic carbocycles. The zero-order valence-corrected chi connectivity index (χ0v) is 10.7. The fraction of sp³-hybridized carbons (Fsp3) is 0.400. The summed E-state index contributed by atoms with van der Waals surface area (Å²) in [7, 11) is 0. The number of aliphatic hydroxyl groups excluding tert-OH is 1. The van der Waals surface area contributed by atoms with Crippen molar-refractivity contribution in [3.8, 4) is 11.5 Å². The molecule has 6 heteroatoms. The lowest BCUT2D eigenvalue weighted by molar-refractivity contribution is 0.181. The largest absolute Gasteiger partial charge is 0.504 e. The molecule has 1 unspecified atom stereocenters. The predicted molar refractivity (Wildman–Crippen MR) is 64.5 cm³/mol. The summed E-state index contributed by atoms with van der Waals surface area (Å²) < 4.78 is 3.33. The molecule has 0 saturated heterocycles. The number of ether oxygens (including phenoxy) is 1. The fourth-order valence-corrected chi connectivity index (χ4v) is 1.54. The number of hydrogen-bond acceptors (Lipinski definition) is 3. The minimum Gasteiger partial charge on any atom is -0.504 e. The summed E-state index contributed by atoms with van der Waals surface area (Å²) in [6.07, 6.45) is -1.28. The first-order chi connectivity index (χ1) is 7.36. The highest BCUT2D eigenvalue weighted by atomic mass is 35.6. The van der Waals surface area contributed by atoms with Crippen molar-refractivity contribution in [1.29, 1.82) is 0 Å². The van der Waals surface area contributed by atoms with Crippen LogP contribution in [-0.4, -0.2) is 20.6 Å². The van der Waals surface area contributed by atoms with Gasteiger partial charge in [0.25, 0.3) is 0 Å². The summed E-state index contributed by atoms with van der Waals surface area (Å²) in [5.41, 5.74) is 0.362. The van der Waals surface area contributed by atoms with Crippen LogP contribution < -0.4 is 4.74 Å². The van der Waals surface area contributed by atoms with Crippen molar-refractivity contribution in [3.05, 3.63) is 23.8 Å². The van der Waals surface area contributed by atoms with Crippen molar-refractivity contribution in [2.24, 2.45) is 0 Å². The van der Waals surface area contributed by atoms with Crippen molar-refractivity contribution in [3.63, 3.8) is 0 Å². The molecule has 1 aromatic carbocycles. The number of benzene rings is 1. The number of halogens is 3. The van der Waals surface area contributed by atoms with Crippen molar-refractivity contribution in [2.45, 2.75) is 16.8 Å². The minimum atomic E-state index is -1.82. The van der Waals surface area contributed by atoms with E-state index in [4.69, 9.17) is 39.5 Å². The van der Waals surface area contributed by atoms with E-state index in [0.717, 1.165) is 0 Å². The monoisotopic (exact) mass is 284 g/mol. The van der Waals surface area contributed by atoms with Gasteiger partial charge in [0.05, 0.1) is 6.61 Å². The van der Waals surface area contributed by atoms with Gasteiger partial charge in [0, 0.05) is 0 Å². The second kappa shape index (κ2) is 5.32. The molecule has 1 aromatic rings. The highest BCUT2D eigenvalue weighted by Gasteiger charge is 2.32. The van der Waals surface area contributed by atoms with Gasteiger partial charge in [-0.2, -0.15) is 0 Å². The Balaban J connectivity index is 3.03. The molecule has 0 saturated carbocycles. The SMILES string of the molecule is CCOc1cc(C(O)C(Cl)(Cl)Cl)ccc1O. The number of hydrogen-bond donors (Lipinski definition) is 2. The van der Waals surface area contributed by atoms with Crippen LogP contribution in [0.1, 0.15) is 18.6 Å². The van der Waals surface area contributed by atoms with Gasteiger partial charge < -0.3 is 14.9 Å². The van der Waals surface area contributed by atoms with Gasteiger partial charge in [-0.05, 0) is 24.6 Å². The van der Waals surface area contributed by atoms with Gasteiger partial charge in [-0.1, -0.05) is 40.9 Å². The molecule has 90 valence electrons. The average molecular weight is 286 g/mol. The molecule has 1 atom stereocenters. The zero-order chi connectivity index (χ0) is 12.3. The van der Waals surface area contributed by atoms with Gasteiger partial charge >= 0.3 is 0 Å². The van der Waals surface area contributed by atoms with Crippen LogP contribution in [0.3, 0.4) is 0 Å². The van der Waals surface area contributed by atoms with E-state index in [1.807, 2.05) is 0 Å². The summed E-state index contributed by atoms with van der Waals surface area (Å²) in [6.45, 7) is 2.17. The van der Waals surface area contributed by atoms with Crippen LogP contribution in [0.4, 0.5) is 0 Å². The number of phenols is 1. The Morgan fingerprint density at radius 3 is 2.50 bits per heavy atom. The van der Waals surface area contributed by atoms with Gasteiger partial charge in [0.1, 0.15) is 6.10 Å². The van der Waals surface area contributed by atoms with Gasteiger partial charge in [0.2, 0.25) is 3.79 Å². The van der Waals surface area contributed by atoms with Crippen LogP contribution in [0.2, 0.25) is 0 Å². The maximum absolute atomic E-state index is 9.71. The maximum atomic E-state index is 9.71. The second-order valence-corrected chi connectivity index (χ2v) is 5.47. The summed E-state index contributed by atoms with van der Waals surface area (Å²) in [5, 5.41) is 19.2. The van der Waals surface area contributed by atoms with E-state index in [-0.39, 0.29) is 11.5 Å². The normalized spacial score (nSPS) is 13.6. The lowest BCUT2D eigenvalue weighted by Gasteiger charge is -2.20. The van der Waals surface area contributed by atoms with E-state index in [0.29, 0.717) is 12.2 Å². The molecular formula is C10H11Cl3O3. The summed E-state index contributed by atoms with van der Waals surface area (Å²) >= 11 is 16.7. The third kappa shape index (κ3) is 3.32. The highest BCUT2D eigenvalue weighted by Crippen LogP contribution is 2.41. The smallest absolute Gasteiger partial charge is 0.220 e. The first-order valence-corrected chi connectivity index (χ1v) is 5.70. The lowest BCUT2D eigenvalue weighted by Crippen LogP contribution is -2.16. The Labute approximate surface area is 109 Å². The molecule has 0 amide bonds. The number of aromatic hydroxyl groups is 1. The molecule has 3 nitrogen and oxygen atoms in total. The van der Waals surface area contributed by atoms with Gasteiger partial charge in [-0.25, -0.2) is 0 Å². The molecule has 16 heavy (non-hydrogen) atoms. The van der Waals surface area contributed by atoms with E-state index < -0.39 is 9.90 Å². The Kier molecular flexibility index (Phi) is 4.56. The van der Waals surface area contributed by atoms with E-state index in [2.05, 4.69) is 0 Å². The predicted octanol–water partition coefficient (Wildman–Crippen LogP) is 3.19. The number of phenolic OH excluding ortho intramolecular Hbond substituents is 1. The summed E-state index contributed by atoms with van der Waals surface area (Å²) in [5.74, 6) is 0.218. The number of aliphatic hydroxyl groups is 1. The van der Waals surface area contributed by atoms with E-state index in [1.54, 1.807) is 6.92 Å². The van der Waals surface area contributed by atoms with Crippen LogP contribution in [0.25, 0.3) is 0 Å². The highest BCUT2D eigenvalue weighted by molar-refractivity contribution is 6.68. The lowest BCUT2D eigenvalue weighted by atomic mass is 10.1. The topological polar surface area (TPSA) is 49.7 Å². The molecule has 0 spiro atoms. The van der Waals surface area contributed by atoms with Crippen LogP contribution >= 0.6 is 34.8 Å². The first kappa shape index (κ1) is 13.7. The second-order valence-electron chi connectivity index (χ2n) is 3.10. The van der Waals surface area contributed by atoms with Gasteiger partial charge in [0.15, 0.2) is 11.5 Å². The van der Waals surface area contributed by atoms with Crippen LogP contribution in [-0.2, 0) is 0 Å².